The van der Waals surface area contributed by atoms with E-state index < -0.39 is 5.92 Å². The van der Waals surface area contributed by atoms with Crippen molar-refractivity contribution in [2.75, 3.05) is 27.7 Å². The lowest BCUT2D eigenvalue weighted by Crippen LogP contribution is -2.37. The van der Waals surface area contributed by atoms with Crippen LogP contribution >= 0.6 is 0 Å². The normalized spacial score (nSPS) is 11.5. The highest BCUT2D eigenvalue weighted by Crippen LogP contribution is 2.11. The van der Waals surface area contributed by atoms with Crippen molar-refractivity contribution in [3.8, 4) is 0 Å². The Hall–Kier alpha value is -1.59. The first-order valence-corrected chi connectivity index (χ1v) is 5.60. The van der Waals surface area contributed by atoms with Gasteiger partial charge in [0.1, 0.15) is 0 Å². The van der Waals surface area contributed by atoms with E-state index in [0.29, 0.717) is 6.54 Å². The summed E-state index contributed by atoms with van der Waals surface area (Å²) in [6.07, 6.45) is 0.0723. The molecule has 0 aromatic heterocycles. The summed E-state index contributed by atoms with van der Waals surface area (Å²) in [6.45, 7) is 2.32. The molecule has 17 heavy (non-hydrogen) atoms. The third-order valence-electron chi connectivity index (χ3n) is 2.31. The number of hydrogen-bond donors (Lipinski definition) is 2. The zero-order chi connectivity index (χ0) is 13.4. The highest BCUT2D eigenvalue weighted by atomic mass is 16.2. The summed E-state index contributed by atoms with van der Waals surface area (Å²) < 4.78 is 0. The molecule has 0 aromatic carbocycles. The summed E-state index contributed by atoms with van der Waals surface area (Å²) in [7, 11) is 4.72. The van der Waals surface area contributed by atoms with Gasteiger partial charge >= 0.3 is 0 Å². The molecule has 2 N–H and O–H groups in total. The smallest absolute Gasteiger partial charge is 0.226 e. The summed E-state index contributed by atoms with van der Waals surface area (Å²) in [5.41, 5.74) is 0. The third kappa shape index (κ3) is 5.89. The van der Waals surface area contributed by atoms with Crippen LogP contribution < -0.4 is 10.6 Å². The molecule has 0 aliphatic heterocycles. The van der Waals surface area contributed by atoms with Gasteiger partial charge in [-0.1, -0.05) is 0 Å². The van der Waals surface area contributed by atoms with Crippen LogP contribution in [0.4, 0.5) is 0 Å². The molecule has 0 heterocycles. The minimum atomic E-state index is -0.600. The molecule has 3 amide bonds. The monoisotopic (exact) mass is 243 g/mol. The average Bonchev–Trinajstić information content (AvgIpc) is 2.27. The van der Waals surface area contributed by atoms with Gasteiger partial charge in [-0.05, 0) is 6.92 Å². The van der Waals surface area contributed by atoms with Gasteiger partial charge in [-0.3, -0.25) is 14.4 Å². The molecular formula is C11H21N3O3. The Balaban J connectivity index is 4.56. The minimum Gasteiger partial charge on any atom is -0.359 e. The lowest BCUT2D eigenvalue weighted by atomic mass is 9.99. The van der Waals surface area contributed by atoms with Crippen LogP contribution in [0.1, 0.15) is 19.8 Å². The van der Waals surface area contributed by atoms with Crippen LogP contribution in [0.3, 0.4) is 0 Å². The number of carbonyl (C=O) groups is 3. The molecule has 0 aromatic rings. The van der Waals surface area contributed by atoms with Crippen molar-refractivity contribution >= 4 is 17.7 Å². The zero-order valence-electron chi connectivity index (χ0n) is 10.9. The molecule has 0 bridgehead atoms. The van der Waals surface area contributed by atoms with Gasteiger partial charge in [-0.2, -0.15) is 0 Å². The molecule has 0 aliphatic rings. The van der Waals surface area contributed by atoms with Crippen LogP contribution in [-0.2, 0) is 14.4 Å². The number of amides is 3. The largest absolute Gasteiger partial charge is 0.359 e. The Bertz CT molecular complexity index is 290. The molecule has 0 saturated carbocycles. The fourth-order valence-electron chi connectivity index (χ4n) is 1.43. The Morgan fingerprint density at radius 3 is 2.06 bits per heavy atom. The summed E-state index contributed by atoms with van der Waals surface area (Å²) in [5, 5.41) is 5.07. The molecule has 0 saturated heterocycles. The molecule has 1 unspecified atom stereocenters. The predicted octanol–water partition coefficient (Wildman–Crippen LogP) is -0.647. The standard InChI is InChI=1S/C11H21N3O3/c1-5-13-10(16)7-8(6-9(15)12-2)11(17)14(3)4/h8H,5-7H2,1-4H3,(H,12,15)(H,13,16). The van der Waals surface area contributed by atoms with Gasteiger partial charge < -0.3 is 15.5 Å². The number of nitrogens with one attached hydrogen (secondary N) is 2. The summed E-state index contributed by atoms with van der Waals surface area (Å²) >= 11 is 0. The van der Waals surface area contributed by atoms with Crippen molar-refractivity contribution in [2.24, 2.45) is 5.92 Å². The molecule has 0 spiro atoms. The second kappa shape index (κ2) is 7.65. The first-order chi connectivity index (χ1) is 7.92. The molecule has 0 fully saturated rings. The fourth-order valence-corrected chi connectivity index (χ4v) is 1.43. The first kappa shape index (κ1) is 15.4. The summed E-state index contributed by atoms with van der Waals surface area (Å²) in [4.78, 5) is 35.9. The van der Waals surface area contributed by atoms with E-state index in [0.717, 1.165) is 0 Å². The molecule has 98 valence electrons. The van der Waals surface area contributed by atoms with Gasteiger partial charge in [0.05, 0.1) is 5.92 Å². The van der Waals surface area contributed by atoms with E-state index in [2.05, 4.69) is 10.6 Å². The second-order valence-corrected chi connectivity index (χ2v) is 3.96. The van der Waals surface area contributed by atoms with Crippen molar-refractivity contribution in [2.45, 2.75) is 19.8 Å². The second-order valence-electron chi connectivity index (χ2n) is 3.96. The van der Waals surface area contributed by atoms with Crippen molar-refractivity contribution in [3.05, 3.63) is 0 Å². The maximum absolute atomic E-state index is 11.8. The van der Waals surface area contributed by atoms with Crippen LogP contribution in [0.5, 0.6) is 0 Å². The molecule has 6 heteroatoms. The number of rotatable bonds is 6. The maximum atomic E-state index is 11.8. The molecule has 6 nitrogen and oxygen atoms in total. The maximum Gasteiger partial charge on any atom is 0.226 e. The highest BCUT2D eigenvalue weighted by Gasteiger charge is 2.25. The average molecular weight is 243 g/mol. The quantitative estimate of drug-likeness (QED) is 0.651. The topological polar surface area (TPSA) is 78.5 Å². The van der Waals surface area contributed by atoms with Crippen LogP contribution in [0.25, 0.3) is 0 Å². The summed E-state index contributed by atoms with van der Waals surface area (Å²) in [6, 6.07) is 0. The van der Waals surface area contributed by atoms with Gasteiger partial charge in [0.15, 0.2) is 0 Å². The molecule has 0 radical (unpaired) electrons. The van der Waals surface area contributed by atoms with E-state index in [-0.39, 0.29) is 30.6 Å². The van der Waals surface area contributed by atoms with E-state index in [4.69, 9.17) is 0 Å². The van der Waals surface area contributed by atoms with Crippen molar-refractivity contribution in [1.82, 2.24) is 15.5 Å². The number of nitrogens with zero attached hydrogens (tertiary/aromatic N) is 1. The molecular weight excluding hydrogens is 222 g/mol. The van der Waals surface area contributed by atoms with Crippen molar-refractivity contribution < 1.29 is 14.4 Å². The van der Waals surface area contributed by atoms with Gasteiger partial charge in [-0.25, -0.2) is 0 Å². The minimum absolute atomic E-state index is 0.0324. The van der Waals surface area contributed by atoms with Crippen LogP contribution in [0.15, 0.2) is 0 Å². The lowest BCUT2D eigenvalue weighted by molar-refractivity contribution is -0.138. The SMILES string of the molecule is CCNC(=O)CC(CC(=O)NC)C(=O)N(C)C. The zero-order valence-corrected chi connectivity index (χ0v) is 10.9. The Labute approximate surface area is 102 Å². The fraction of sp³-hybridized carbons (Fsp3) is 0.727. The van der Waals surface area contributed by atoms with E-state index in [9.17, 15) is 14.4 Å². The molecule has 0 aliphatic carbocycles. The lowest BCUT2D eigenvalue weighted by Gasteiger charge is -2.19. The van der Waals surface area contributed by atoms with Crippen LogP contribution in [-0.4, -0.2) is 50.3 Å². The Morgan fingerprint density at radius 1 is 1.12 bits per heavy atom. The van der Waals surface area contributed by atoms with Crippen LogP contribution in [0.2, 0.25) is 0 Å². The van der Waals surface area contributed by atoms with Crippen molar-refractivity contribution in [3.63, 3.8) is 0 Å². The van der Waals surface area contributed by atoms with Crippen molar-refractivity contribution in [1.29, 1.82) is 0 Å². The number of hydrogen-bond acceptors (Lipinski definition) is 3. The van der Waals surface area contributed by atoms with E-state index in [1.807, 2.05) is 0 Å². The third-order valence-corrected chi connectivity index (χ3v) is 2.31. The van der Waals surface area contributed by atoms with Crippen LogP contribution in [0, 0.1) is 5.92 Å². The van der Waals surface area contributed by atoms with Gasteiger partial charge in [0, 0.05) is 40.5 Å². The Morgan fingerprint density at radius 2 is 1.65 bits per heavy atom. The highest BCUT2D eigenvalue weighted by molar-refractivity contribution is 5.89. The van der Waals surface area contributed by atoms with Gasteiger partial charge in [0.25, 0.3) is 0 Å². The van der Waals surface area contributed by atoms with Gasteiger partial charge in [-0.15, -0.1) is 0 Å². The van der Waals surface area contributed by atoms with E-state index >= 15 is 0 Å². The Kier molecular flexibility index (Phi) is 6.93. The predicted molar refractivity (Wildman–Crippen MR) is 64.2 cm³/mol. The van der Waals surface area contributed by atoms with Gasteiger partial charge in [0.2, 0.25) is 17.7 Å². The van der Waals surface area contributed by atoms with E-state index in [1.165, 1.54) is 11.9 Å². The first-order valence-electron chi connectivity index (χ1n) is 5.60. The number of carbonyl (C=O) groups excluding carboxylic acids is 3. The molecule has 0 rings (SSSR count). The molecule has 1 atom stereocenters. The van der Waals surface area contributed by atoms with E-state index in [1.54, 1.807) is 21.0 Å². The summed E-state index contributed by atoms with van der Waals surface area (Å²) in [5.74, 6) is -1.26.